The summed E-state index contributed by atoms with van der Waals surface area (Å²) in [5, 5.41) is 6.84. The number of hydrogen-bond acceptors (Lipinski definition) is 4. The normalized spacial score (nSPS) is 15.3. The van der Waals surface area contributed by atoms with Crippen LogP contribution in [0.2, 0.25) is 0 Å². The van der Waals surface area contributed by atoms with Crippen LogP contribution in [0, 0.1) is 0 Å². The summed E-state index contributed by atoms with van der Waals surface area (Å²) in [6.07, 6.45) is 3.54. The Kier molecular flexibility index (Phi) is 4.52. The van der Waals surface area contributed by atoms with Crippen molar-refractivity contribution in [3.63, 3.8) is 0 Å². The number of aromatic nitrogens is 1. The molecular formula is C19H19N3O2S. The number of ether oxygens (including phenoxy) is 1. The molecule has 3 heterocycles. The highest BCUT2D eigenvalue weighted by molar-refractivity contribution is 7.14. The Labute approximate surface area is 150 Å². The van der Waals surface area contributed by atoms with Gasteiger partial charge in [0.2, 0.25) is 0 Å². The van der Waals surface area contributed by atoms with Crippen molar-refractivity contribution in [2.24, 2.45) is 0 Å². The third-order valence-corrected chi connectivity index (χ3v) is 5.16. The molecule has 0 atom stereocenters. The third kappa shape index (κ3) is 3.58. The molecular weight excluding hydrogens is 334 g/mol. The summed E-state index contributed by atoms with van der Waals surface area (Å²) >= 11 is 1.53. The largest absolute Gasteiger partial charge is 0.488 e. The maximum absolute atomic E-state index is 12.3. The van der Waals surface area contributed by atoms with E-state index in [0.29, 0.717) is 13.1 Å². The number of nitrogens with zero attached hydrogens (tertiary/aromatic N) is 2. The minimum absolute atomic E-state index is 0.0345. The van der Waals surface area contributed by atoms with Crippen molar-refractivity contribution in [1.29, 1.82) is 0 Å². The number of para-hydroxylation sites is 1. The maximum Gasteiger partial charge on any atom is 0.322 e. The van der Waals surface area contributed by atoms with Gasteiger partial charge < -0.3 is 9.64 Å². The van der Waals surface area contributed by atoms with Crippen LogP contribution in [0.15, 0.2) is 54.0 Å². The van der Waals surface area contributed by atoms with Crippen molar-refractivity contribution < 1.29 is 9.53 Å². The van der Waals surface area contributed by atoms with E-state index in [1.807, 2.05) is 52.7 Å². The third-order valence-electron chi connectivity index (χ3n) is 4.37. The number of nitrogens with one attached hydrogen (secondary N) is 1. The Morgan fingerprint density at radius 2 is 2.00 bits per heavy atom. The predicted molar refractivity (Wildman–Crippen MR) is 100 cm³/mol. The van der Waals surface area contributed by atoms with Gasteiger partial charge >= 0.3 is 6.03 Å². The molecule has 6 heteroatoms. The number of amides is 2. The van der Waals surface area contributed by atoms with E-state index >= 15 is 0 Å². The Morgan fingerprint density at radius 3 is 2.80 bits per heavy atom. The van der Waals surface area contributed by atoms with Gasteiger partial charge in [-0.1, -0.05) is 18.2 Å². The van der Waals surface area contributed by atoms with Crippen molar-refractivity contribution in [3.05, 3.63) is 54.0 Å². The van der Waals surface area contributed by atoms with Gasteiger partial charge in [0.25, 0.3) is 0 Å². The molecule has 4 rings (SSSR count). The minimum Gasteiger partial charge on any atom is -0.488 e. The van der Waals surface area contributed by atoms with Crippen LogP contribution >= 0.6 is 11.3 Å². The second-order valence-electron chi connectivity index (χ2n) is 6.04. The molecule has 25 heavy (non-hydrogen) atoms. The van der Waals surface area contributed by atoms with E-state index in [9.17, 15) is 4.79 Å². The lowest BCUT2D eigenvalue weighted by Crippen LogP contribution is -2.43. The molecule has 1 aromatic carbocycles. The van der Waals surface area contributed by atoms with Gasteiger partial charge in [-0.3, -0.25) is 10.3 Å². The summed E-state index contributed by atoms with van der Waals surface area (Å²) in [6.45, 7) is 1.39. The van der Waals surface area contributed by atoms with Gasteiger partial charge in [-0.05, 0) is 29.6 Å². The molecule has 0 saturated carbocycles. The molecule has 0 unspecified atom stereocenters. The Hall–Kier alpha value is -2.60. The van der Waals surface area contributed by atoms with Crippen LogP contribution in [0.5, 0.6) is 5.75 Å². The zero-order valence-electron chi connectivity index (χ0n) is 13.7. The molecule has 0 aliphatic carbocycles. The van der Waals surface area contributed by atoms with Crippen molar-refractivity contribution in [3.8, 4) is 5.75 Å². The number of benzene rings is 1. The summed E-state index contributed by atoms with van der Waals surface area (Å²) in [5.74, 6) is 0.819. The second-order valence-corrected chi connectivity index (χ2v) is 6.99. The number of piperidine rings is 1. The molecule has 3 aromatic rings. The van der Waals surface area contributed by atoms with Crippen LogP contribution < -0.4 is 10.1 Å². The number of carbonyl (C=O) groups is 1. The van der Waals surface area contributed by atoms with Crippen LogP contribution in [0.3, 0.4) is 0 Å². The number of carbonyl (C=O) groups excluding carboxylic acids is 1. The van der Waals surface area contributed by atoms with Crippen LogP contribution in [0.25, 0.3) is 10.9 Å². The van der Waals surface area contributed by atoms with Gasteiger partial charge in [0, 0.05) is 37.5 Å². The number of hydrogen-bond donors (Lipinski definition) is 1. The lowest BCUT2D eigenvalue weighted by Gasteiger charge is -2.32. The van der Waals surface area contributed by atoms with E-state index in [2.05, 4.69) is 10.3 Å². The average molecular weight is 353 g/mol. The molecule has 0 spiro atoms. The van der Waals surface area contributed by atoms with Crippen molar-refractivity contribution in [1.82, 2.24) is 9.88 Å². The van der Waals surface area contributed by atoms with Crippen molar-refractivity contribution >= 4 is 33.3 Å². The molecule has 1 N–H and O–H groups in total. The van der Waals surface area contributed by atoms with Gasteiger partial charge in [-0.15, -0.1) is 11.3 Å². The topological polar surface area (TPSA) is 54.5 Å². The van der Waals surface area contributed by atoms with Gasteiger partial charge in [0.1, 0.15) is 17.4 Å². The van der Waals surface area contributed by atoms with Crippen LogP contribution in [0.4, 0.5) is 9.80 Å². The molecule has 2 aromatic heterocycles. The van der Waals surface area contributed by atoms with E-state index in [4.69, 9.17) is 4.74 Å². The highest BCUT2D eigenvalue weighted by Gasteiger charge is 2.24. The van der Waals surface area contributed by atoms with E-state index in [0.717, 1.165) is 34.5 Å². The molecule has 2 amide bonds. The fourth-order valence-electron chi connectivity index (χ4n) is 3.06. The number of pyridine rings is 1. The lowest BCUT2D eigenvalue weighted by atomic mass is 10.1. The highest BCUT2D eigenvalue weighted by atomic mass is 32.1. The summed E-state index contributed by atoms with van der Waals surface area (Å²) in [6, 6.07) is 13.8. The molecule has 128 valence electrons. The lowest BCUT2D eigenvalue weighted by molar-refractivity contribution is 0.116. The Morgan fingerprint density at radius 1 is 1.16 bits per heavy atom. The zero-order valence-corrected chi connectivity index (χ0v) is 14.5. The number of thiophene rings is 1. The molecule has 0 radical (unpaired) electrons. The number of rotatable bonds is 3. The molecule has 1 aliphatic rings. The van der Waals surface area contributed by atoms with Gasteiger partial charge in [-0.2, -0.15) is 0 Å². The standard InChI is InChI=1S/C19H19N3O2S/c23-19(21-17-7-3-13-25-17)22-11-8-15(9-12-22)24-16-6-1-4-14-5-2-10-20-18(14)16/h1-7,10,13,15H,8-9,11-12H2,(H,21,23). The molecule has 1 aliphatic heterocycles. The quantitative estimate of drug-likeness (QED) is 0.761. The molecule has 1 saturated heterocycles. The van der Waals surface area contributed by atoms with Crippen LogP contribution in [-0.2, 0) is 0 Å². The second kappa shape index (κ2) is 7.11. The summed E-state index contributed by atoms with van der Waals surface area (Å²) in [5.41, 5.74) is 0.892. The summed E-state index contributed by atoms with van der Waals surface area (Å²) in [4.78, 5) is 18.6. The van der Waals surface area contributed by atoms with Gasteiger partial charge in [0.05, 0.1) is 5.00 Å². The predicted octanol–water partition coefficient (Wildman–Crippen LogP) is 4.37. The zero-order chi connectivity index (χ0) is 17.1. The number of urea groups is 1. The molecule has 1 fully saturated rings. The van der Waals surface area contributed by atoms with Crippen molar-refractivity contribution in [2.75, 3.05) is 18.4 Å². The molecule has 5 nitrogen and oxygen atoms in total. The fraction of sp³-hybridized carbons (Fsp3) is 0.263. The smallest absolute Gasteiger partial charge is 0.322 e. The van der Waals surface area contributed by atoms with Gasteiger partial charge in [-0.25, -0.2) is 4.79 Å². The fourth-order valence-corrected chi connectivity index (χ4v) is 3.67. The number of fused-ring (bicyclic) bond motifs is 1. The summed E-state index contributed by atoms with van der Waals surface area (Å²) < 4.78 is 6.18. The SMILES string of the molecule is O=C(Nc1cccs1)N1CCC(Oc2cccc3cccnc23)CC1. The number of anilines is 1. The van der Waals surface area contributed by atoms with E-state index in [1.54, 1.807) is 6.20 Å². The van der Waals surface area contributed by atoms with E-state index in [-0.39, 0.29) is 12.1 Å². The average Bonchev–Trinajstić information content (AvgIpc) is 3.16. The van der Waals surface area contributed by atoms with Gasteiger partial charge in [0.15, 0.2) is 0 Å². The monoisotopic (exact) mass is 353 g/mol. The van der Waals surface area contributed by atoms with Crippen LogP contribution in [-0.4, -0.2) is 35.1 Å². The summed E-state index contributed by atoms with van der Waals surface area (Å²) in [7, 11) is 0. The maximum atomic E-state index is 12.3. The minimum atomic E-state index is -0.0345. The van der Waals surface area contributed by atoms with E-state index in [1.165, 1.54) is 11.3 Å². The Bertz CT molecular complexity index is 853. The molecule has 0 bridgehead atoms. The van der Waals surface area contributed by atoms with Crippen molar-refractivity contribution in [2.45, 2.75) is 18.9 Å². The van der Waals surface area contributed by atoms with E-state index < -0.39 is 0 Å². The first-order chi connectivity index (χ1) is 12.3. The first-order valence-electron chi connectivity index (χ1n) is 8.39. The highest BCUT2D eigenvalue weighted by Crippen LogP contribution is 2.26. The first kappa shape index (κ1) is 15.9. The van der Waals surface area contributed by atoms with Crippen LogP contribution in [0.1, 0.15) is 12.8 Å². The number of likely N-dealkylation sites (tertiary alicyclic amines) is 1. The first-order valence-corrected chi connectivity index (χ1v) is 9.27. The Balaban J connectivity index is 1.36.